The number of carbonyl (C=O) groups excluding carboxylic acids is 12. The molecule has 28 heteroatoms. The van der Waals surface area contributed by atoms with Gasteiger partial charge in [-0.3, -0.25) is 57.5 Å². The monoisotopic (exact) mass is 1770 g/mol. The number of rotatable bonds is 56. The highest BCUT2D eigenvalue weighted by Crippen LogP contribution is 2.30. The van der Waals surface area contributed by atoms with E-state index in [1.54, 1.807) is 24.3 Å². The summed E-state index contributed by atoms with van der Waals surface area (Å²) in [6.07, 6.45) is 12.9. The first kappa shape index (κ1) is 112. The van der Waals surface area contributed by atoms with Crippen LogP contribution in [0.1, 0.15) is 362 Å². The number of amides is 4. The van der Waals surface area contributed by atoms with Gasteiger partial charge in [-0.1, -0.05) is 51.4 Å². The van der Waals surface area contributed by atoms with E-state index in [0.717, 1.165) is 77.0 Å². The molecule has 0 bridgehead atoms. The van der Waals surface area contributed by atoms with Gasteiger partial charge in [0.1, 0.15) is 44.8 Å². The summed E-state index contributed by atoms with van der Waals surface area (Å²) in [7, 11) is 0. The molecule has 0 fully saturated rings. The van der Waals surface area contributed by atoms with Gasteiger partial charge < -0.3 is 78.8 Å². The normalized spacial score (nSPS) is 12.5. The Morgan fingerprint density at radius 3 is 0.468 bits per heavy atom. The highest BCUT2D eigenvalue weighted by Gasteiger charge is 2.29. The summed E-state index contributed by atoms with van der Waals surface area (Å²) in [5.74, 6) is -4.47. The number of benzene rings is 3. The zero-order chi connectivity index (χ0) is 94.9. The maximum absolute atomic E-state index is 14.7. The quantitative estimate of drug-likeness (QED) is 0.0176. The average Bonchev–Trinajstić information content (AvgIpc) is 0.759. The van der Waals surface area contributed by atoms with Crippen LogP contribution >= 0.6 is 0 Å². The number of carbonyl (C=O) groups is 12. The molecular weight excluding hydrogens is 1610 g/mol. The lowest BCUT2D eigenvalue weighted by Gasteiger charge is -2.25. The number of nitrogens with zero attached hydrogens (tertiary/aromatic N) is 4. The third-order valence-electron chi connectivity index (χ3n) is 19.2. The lowest BCUT2D eigenvalue weighted by Crippen LogP contribution is -2.33. The van der Waals surface area contributed by atoms with Gasteiger partial charge in [-0.2, -0.15) is 0 Å². The van der Waals surface area contributed by atoms with Gasteiger partial charge in [-0.25, -0.2) is 0 Å². The van der Waals surface area contributed by atoms with Crippen LogP contribution in [0.4, 0.5) is 0 Å². The summed E-state index contributed by atoms with van der Waals surface area (Å²) in [5, 5.41) is 14.7. The van der Waals surface area contributed by atoms with Crippen molar-refractivity contribution in [3.05, 3.63) is 58.7 Å². The summed E-state index contributed by atoms with van der Waals surface area (Å²) in [6, 6.07) is 10.4. The Kier molecular flexibility index (Phi) is 48.1. The minimum atomic E-state index is -0.638. The molecule has 4 amide bonds. The molecule has 126 heavy (non-hydrogen) atoms. The third-order valence-corrected chi connectivity index (χ3v) is 19.2. The molecule has 0 radical (unpaired) electrons. The lowest BCUT2D eigenvalue weighted by molar-refractivity contribution is -0.157. The molecule has 0 spiro atoms. The summed E-state index contributed by atoms with van der Waals surface area (Å²) >= 11 is 0. The van der Waals surface area contributed by atoms with E-state index in [2.05, 4.69) is 40.9 Å². The predicted octanol–water partition coefficient (Wildman–Crippen LogP) is 16.2. The minimum absolute atomic E-state index is 0.139. The summed E-state index contributed by atoms with van der Waals surface area (Å²) < 4.78 is 44.6. The Bertz CT molecular complexity index is 3330. The maximum Gasteiger partial charge on any atom is 0.307 e. The van der Waals surface area contributed by atoms with Crippen LogP contribution in [0, 0.1) is 0 Å². The smallest absolute Gasteiger partial charge is 0.307 e. The first-order valence-corrected chi connectivity index (χ1v) is 46.2. The molecule has 0 atom stereocenters. The van der Waals surface area contributed by atoms with Gasteiger partial charge in [0.05, 0.1) is 73.6 Å². The van der Waals surface area contributed by atoms with E-state index in [1.807, 2.05) is 178 Å². The van der Waals surface area contributed by atoms with Gasteiger partial charge in [-0.15, -0.1) is 0 Å². The average molecular weight is 1770 g/mol. The van der Waals surface area contributed by atoms with Crippen LogP contribution in [-0.4, -0.2) is 241 Å². The summed E-state index contributed by atoms with van der Waals surface area (Å²) in [6.45, 7) is 50.6. The van der Waals surface area contributed by atoms with E-state index < -0.39 is 68.4 Å². The van der Waals surface area contributed by atoms with Gasteiger partial charge in [0.2, 0.25) is 0 Å². The highest BCUT2D eigenvalue weighted by molar-refractivity contribution is 6.15. The molecule has 0 aliphatic rings. The van der Waals surface area contributed by atoms with E-state index in [1.165, 1.54) is 0 Å². The third kappa shape index (κ3) is 54.1. The Labute approximate surface area is 754 Å². The first-order valence-electron chi connectivity index (χ1n) is 46.2. The van der Waals surface area contributed by atoms with Crippen molar-refractivity contribution >= 4 is 92.9 Å². The van der Waals surface area contributed by atoms with Crippen molar-refractivity contribution in [3.63, 3.8) is 0 Å². The van der Waals surface area contributed by atoms with Crippen molar-refractivity contribution in [2.75, 3.05) is 105 Å². The fourth-order valence-corrected chi connectivity index (χ4v) is 13.8. The van der Waals surface area contributed by atoms with Gasteiger partial charge in [0.25, 0.3) is 23.6 Å². The highest BCUT2D eigenvalue weighted by atomic mass is 16.6. The summed E-state index contributed by atoms with van der Waals surface area (Å²) in [4.78, 5) is 169. The first-order chi connectivity index (χ1) is 58.4. The van der Waals surface area contributed by atoms with Crippen molar-refractivity contribution in [3.8, 4) is 0 Å². The standard InChI is InChI=1S/C98H162N8O20/c1-91(2,3)119-79(107)41-57-103(58-42-80(108)120-92(4,5)6)53-37-29-25-33-49-99-87(115)75-67-71-65-73-69-77(89(117)101-51-35-27-31-39-55-105(61-45-83(111)123-95(13,14)15)62-46-84(112)124-96(16,17)18)78(90(118)102-52-36-28-32-40-56-106(63-47-85(113)125-97(19,20)21)64-48-86(114)126-98(22,23)24)70-74(73)66-72(71)68-76(75)88(116)100-50-34-26-30-38-54-104(59-43-81(109)121-93(7,8)9)60-44-82(110)122-94(10,11)12/h65-70H,25-64H2,1-24H3,(H,99,115)(H,100,116)(H,101,117)(H,102,118). The minimum Gasteiger partial charge on any atom is -0.460 e. The molecule has 714 valence electrons. The van der Waals surface area contributed by atoms with Crippen molar-refractivity contribution in [1.29, 1.82) is 0 Å². The number of fused-ring (bicyclic) bond motifs is 2. The molecule has 4 N–H and O–H groups in total. The molecule has 0 saturated heterocycles. The molecule has 0 aliphatic carbocycles. The van der Waals surface area contributed by atoms with Crippen molar-refractivity contribution in [1.82, 2.24) is 40.9 Å². The van der Waals surface area contributed by atoms with Crippen LogP contribution in [0.25, 0.3) is 21.5 Å². The number of esters is 8. The van der Waals surface area contributed by atoms with Crippen LogP contribution in [-0.2, 0) is 76.3 Å². The molecule has 0 aromatic heterocycles. The van der Waals surface area contributed by atoms with Crippen molar-refractivity contribution in [2.45, 2.75) is 365 Å². The molecule has 3 aromatic rings. The van der Waals surface area contributed by atoms with Crippen LogP contribution in [0.15, 0.2) is 36.4 Å². The van der Waals surface area contributed by atoms with E-state index in [4.69, 9.17) is 37.9 Å². The number of unbranched alkanes of at least 4 members (excludes halogenated alkanes) is 12. The molecular formula is C98H162N8O20. The molecule has 0 aliphatic heterocycles. The summed E-state index contributed by atoms with van der Waals surface area (Å²) in [5.41, 5.74) is -4.55. The predicted molar refractivity (Wildman–Crippen MR) is 494 cm³/mol. The fourth-order valence-electron chi connectivity index (χ4n) is 13.8. The van der Waals surface area contributed by atoms with Gasteiger partial charge in [0, 0.05) is 78.5 Å². The number of ether oxygens (including phenoxy) is 8. The molecule has 3 rings (SSSR count). The van der Waals surface area contributed by atoms with Crippen molar-refractivity contribution < 1.29 is 95.4 Å². The zero-order valence-electron chi connectivity index (χ0n) is 81.7. The van der Waals surface area contributed by atoms with Crippen LogP contribution < -0.4 is 21.3 Å². The Morgan fingerprint density at radius 2 is 0.333 bits per heavy atom. The van der Waals surface area contributed by atoms with Gasteiger partial charge in [0.15, 0.2) is 0 Å². The largest absolute Gasteiger partial charge is 0.460 e. The van der Waals surface area contributed by atoms with Gasteiger partial charge in [-0.05, 0) is 302 Å². The molecule has 0 saturated carbocycles. The molecule has 0 unspecified atom stereocenters. The Hall–Kier alpha value is -8.34. The van der Waals surface area contributed by atoms with E-state index in [-0.39, 0.29) is 121 Å². The SMILES string of the molecule is CC(C)(C)OC(=O)CCN(CCCCCCNC(=O)c1cc2cc3cc(C(=O)NCCCCCCN(CCC(=O)OC(C)(C)C)CCC(=O)OC(C)(C)C)c(C(=O)NCCCCCCN(CCC(=O)OC(C)(C)C)CCC(=O)OC(C)(C)C)cc3cc2cc1C(=O)NCCCCCCN(CCC(=O)OC(C)(C)C)CCC(=O)OC(C)(C)C)CCC(=O)OC(C)(C)C. The van der Waals surface area contributed by atoms with Crippen LogP contribution in [0.3, 0.4) is 0 Å². The lowest BCUT2D eigenvalue weighted by atomic mass is 9.94. The Morgan fingerprint density at radius 1 is 0.198 bits per heavy atom. The topological polar surface area (TPSA) is 340 Å². The van der Waals surface area contributed by atoms with E-state index >= 15 is 0 Å². The van der Waals surface area contributed by atoms with E-state index in [9.17, 15) is 57.5 Å². The number of nitrogens with one attached hydrogen (secondary N) is 4. The zero-order valence-corrected chi connectivity index (χ0v) is 81.7. The van der Waals surface area contributed by atoms with Crippen LogP contribution in [0.5, 0.6) is 0 Å². The van der Waals surface area contributed by atoms with Gasteiger partial charge >= 0.3 is 47.8 Å². The molecule has 28 nitrogen and oxygen atoms in total. The molecule has 3 aromatic carbocycles. The second kappa shape index (κ2) is 54.2. The van der Waals surface area contributed by atoms with Crippen LogP contribution in [0.2, 0.25) is 0 Å². The Balaban J connectivity index is 2.02. The molecule has 0 heterocycles. The number of hydrogen-bond donors (Lipinski definition) is 4. The van der Waals surface area contributed by atoms with E-state index in [0.29, 0.717) is 152 Å². The van der Waals surface area contributed by atoms with Crippen molar-refractivity contribution in [2.24, 2.45) is 0 Å². The maximum atomic E-state index is 14.7. The fraction of sp³-hybridized carbons (Fsp3) is 0.735. The number of hydrogen-bond acceptors (Lipinski definition) is 24. The second-order valence-corrected chi connectivity index (χ2v) is 41.1. The second-order valence-electron chi connectivity index (χ2n) is 41.1.